The lowest BCUT2D eigenvalue weighted by atomic mass is 10.0. The molecule has 0 aromatic heterocycles. The monoisotopic (exact) mass is 277 g/mol. The quantitative estimate of drug-likeness (QED) is 0.876. The summed E-state index contributed by atoms with van der Waals surface area (Å²) in [6.45, 7) is 2.21. The van der Waals surface area contributed by atoms with E-state index in [-0.39, 0.29) is 11.9 Å². The van der Waals surface area contributed by atoms with Gasteiger partial charge >= 0.3 is 5.97 Å². The third-order valence-electron chi connectivity index (χ3n) is 3.74. The van der Waals surface area contributed by atoms with Gasteiger partial charge < -0.3 is 19.5 Å². The molecule has 4 atom stereocenters. The number of benzene rings is 1. The van der Waals surface area contributed by atoms with Gasteiger partial charge in [0.15, 0.2) is 6.10 Å². The summed E-state index contributed by atoms with van der Waals surface area (Å²) in [5.74, 6) is -1.42. The molecule has 2 fully saturated rings. The van der Waals surface area contributed by atoms with E-state index in [1.807, 2.05) is 30.3 Å². The second-order valence-corrected chi connectivity index (χ2v) is 5.02. The molecule has 0 saturated carbocycles. The van der Waals surface area contributed by atoms with Crippen LogP contribution in [0.3, 0.4) is 0 Å². The van der Waals surface area contributed by atoms with Crippen molar-refractivity contribution < 1.29 is 24.2 Å². The van der Waals surface area contributed by atoms with Gasteiger partial charge in [0.2, 0.25) is 6.29 Å². The predicted molar refractivity (Wildman–Crippen MR) is 67.6 cm³/mol. The molecule has 3 rings (SSSR count). The lowest BCUT2D eigenvalue weighted by molar-refractivity contribution is -0.178. The summed E-state index contributed by atoms with van der Waals surface area (Å²) in [6.07, 6.45) is -2.81. The molecule has 1 aromatic carbocycles. The number of aliphatic carboxylic acids is 1. The molecule has 2 aliphatic heterocycles. The molecule has 6 nitrogen and oxygen atoms in total. The number of fused-ring (bicyclic) bond motifs is 2. The largest absolute Gasteiger partial charge is 0.479 e. The van der Waals surface area contributed by atoms with Gasteiger partial charge in [-0.05, 0) is 12.5 Å². The summed E-state index contributed by atoms with van der Waals surface area (Å²) in [6, 6.07) is 9.20. The van der Waals surface area contributed by atoms with Crippen molar-refractivity contribution in [1.82, 2.24) is 4.90 Å². The topological polar surface area (TPSA) is 76.1 Å². The number of rotatable bonds is 3. The number of nitrogens with zero attached hydrogens (tertiary/aromatic N) is 1. The maximum Gasteiger partial charge on any atom is 0.335 e. The Kier molecular flexibility index (Phi) is 3.19. The van der Waals surface area contributed by atoms with Crippen LogP contribution < -0.4 is 0 Å². The number of hydrogen-bond donors (Lipinski definition) is 1. The molecule has 2 heterocycles. The molecule has 1 N–H and O–H groups in total. The van der Waals surface area contributed by atoms with Crippen LogP contribution in [0.2, 0.25) is 0 Å². The van der Waals surface area contributed by atoms with E-state index < -0.39 is 24.5 Å². The van der Waals surface area contributed by atoms with Crippen LogP contribution in [0.1, 0.15) is 12.5 Å². The van der Waals surface area contributed by atoms with Crippen LogP contribution in [0.25, 0.3) is 0 Å². The van der Waals surface area contributed by atoms with E-state index in [0.29, 0.717) is 6.54 Å². The second-order valence-electron chi connectivity index (χ2n) is 5.02. The molecule has 2 aliphatic rings. The van der Waals surface area contributed by atoms with Crippen molar-refractivity contribution >= 4 is 11.9 Å². The van der Waals surface area contributed by atoms with E-state index in [4.69, 9.17) is 14.6 Å². The molecule has 1 aromatic rings. The van der Waals surface area contributed by atoms with E-state index in [1.54, 1.807) is 11.8 Å². The number of ether oxygens (including phenoxy) is 2. The minimum Gasteiger partial charge on any atom is -0.479 e. The van der Waals surface area contributed by atoms with Crippen LogP contribution in [0.15, 0.2) is 30.3 Å². The number of morpholine rings is 1. The van der Waals surface area contributed by atoms with Crippen LogP contribution in [0, 0.1) is 0 Å². The average molecular weight is 277 g/mol. The highest BCUT2D eigenvalue weighted by molar-refractivity contribution is 5.83. The van der Waals surface area contributed by atoms with Crippen LogP contribution in [-0.2, 0) is 25.6 Å². The lowest BCUT2D eigenvalue weighted by Gasteiger charge is -2.36. The molecule has 0 unspecified atom stereocenters. The minimum absolute atomic E-state index is 0.318. The van der Waals surface area contributed by atoms with Gasteiger partial charge in [-0.1, -0.05) is 30.3 Å². The number of carboxylic acids is 1. The molecule has 6 heteroatoms. The van der Waals surface area contributed by atoms with Crippen molar-refractivity contribution in [2.45, 2.75) is 38.0 Å². The third-order valence-corrected chi connectivity index (χ3v) is 3.74. The Morgan fingerprint density at radius 3 is 2.65 bits per heavy atom. The maximum absolute atomic E-state index is 12.2. The van der Waals surface area contributed by atoms with Crippen LogP contribution in [0.4, 0.5) is 0 Å². The zero-order valence-corrected chi connectivity index (χ0v) is 10.9. The molecule has 106 valence electrons. The summed E-state index contributed by atoms with van der Waals surface area (Å²) >= 11 is 0. The van der Waals surface area contributed by atoms with E-state index >= 15 is 0 Å². The van der Waals surface area contributed by atoms with E-state index in [9.17, 15) is 9.59 Å². The molecule has 1 amide bonds. The predicted octanol–water partition coefficient (Wildman–Crippen LogP) is 0.612. The Labute approximate surface area is 115 Å². The Morgan fingerprint density at radius 2 is 2.00 bits per heavy atom. The van der Waals surface area contributed by atoms with Gasteiger partial charge in [-0.2, -0.15) is 0 Å². The molecule has 0 aliphatic carbocycles. The number of carbonyl (C=O) groups excluding carboxylic acids is 1. The van der Waals surface area contributed by atoms with E-state index in [2.05, 4.69) is 0 Å². The standard InChI is InChI=1S/C14H15NO5/c1-8-10-11(13(17)18)20-14(19-10)12(16)15(8)7-9-5-3-2-4-6-9/h2-6,8,10-11,14H,7H2,1H3,(H,17,18)/t8-,10+,11+,14-/m0/s1. The SMILES string of the molecule is C[C@H]1[C@H]2O[C@@H](O[C@H]2C(=O)O)C(=O)N1Cc1ccccc1. The molecule has 0 radical (unpaired) electrons. The fourth-order valence-corrected chi connectivity index (χ4v) is 2.65. The van der Waals surface area contributed by atoms with Gasteiger partial charge in [0.1, 0.15) is 6.10 Å². The number of amides is 1. The minimum atomic E-state index is -1.10. The zero-order valence-electron chi connectivity index (χ0n) is 10.9. The number of carboxylic acid groups (broad SMARTS) is 1. The van der Waals surface area contributed by atoms with Crippen molar-refractivity contribution in [3.63, 3.8) is 0 Å². The first-order valence-electron chi connectivity index (χ1n) is 6.46. The molecule has 0 spiro atoms. The highest BCUT2D eigenvalue weighted by Gasteiger charge is 2.54. The third kappa shape index (κ3) is 2.07. The van der Waals surface area contributed by atoms with Crippen molar-refractivity contribution in [2.75, 3.05) is 0 Å². The fourth-order valence-electron chi connectivity index (χ4n) is 2.65. The summed E-state index contributed by atoms with van der Waals surface area (Å²) in [7, 11) is 0. The van der Waals surface area contributed by atoms with Crippen molar-refractivity contribution in [2.24, 2.45) is 0 Å². The van der Waals surface area contributed by atoms with Crippen molar-refractivity contribution in [3.05, 3.63) is 35.9 Å². The summed E-state index contributed by atoms with van der Waals surface area (Å²) < 4.78 is 10.6. The van der Waals surface area contributed by atoms with Gasteiger partial charge in [-0.3, -0.25) is 4.79 Å². The van der Waals surface area contributed by atoms with Gasteiger partial charge in [0.05, 0.1) is 6.04 Å². The Bertz CT molecular complexity index is 532. The maximum atomic E-state index is 12.2. The summed E-state index contributed by atoms with van der Waals surface area (Å²) in [5.41, 5.74) is 0.987. The Hall–Kier alpha value is -1.92. The lowest BCUT2D eigenvalue weighted by Crippen LogP contribution is -2.54. The zero-order chi connectivity index (χ0) is 14.3. The van der Waals surface area contributed by atoms with Gasteiger partial charge in [0.25, 0.3) is 5.91 Å². The number of carbonyl (C=O) groups is 2. The average Bonchev–Trinajstić information content (AvgIpc) is 2.85. The molecule has 20 heavy (non-hydrogen) atoms. The van der Waals surface area contributed by atoms with Crippen LogP contribution in [-0.4, -0.2) is 46.4 Å². The van der Waals surface area contributed by atoms with Crippen molar-refractivity contribution in [1.29, 1.82) is 0 Å². The summed E-state index contributed by atoms with van der Waals surface area (Å²) in [4.78, 5) is 25.0. The van der Waals surface area contributed by atoms with Crippen molar-refractivity contribution in [3.8, 4) is 0 Å². The number of hydrogen-bond acceptors (Lipinski definition) is 4. The van der Waals surface area contributed by atoms with Crippen LogP contribution in [0.5, 0.6) is 0 Å². The van der Waals surface area contributed by atoms with E-state index in [0.717, 1.165) is 5.56 Å². The summed E-state index contributed by atoms with van der Waals surface area (Å²) in [5, 5.41) is 9.11. The molecule has 2 saturated heterocycles. The molecular formula is C14H15NO5. The normalized spacial score (nSPS) is 32.5. The fraction of sp³-hybridized carbons (Fsp3) is 0.429. The highest BCUT2D eigenvalue weighted by Crippen LogP contribution is 2.32. The first-order chi connectivity index (χ1) is 9.58. The Balaban J connectivity index is 1.83. The van der Waals surface area contributed by atoms with Gasteiger partial charge in [-0.15, -0.1) is 0 Å². The first-order valence-corrected chi connectivity index (χ1v) is 6.46. The smallest absolute Gasteiger partial charge is 0.335 e. The van der Waals surface area contributed by atoms with Gasteiger partial charge in [0, 0.05) is 6.54 Å². The van der Waals surface area contributed by atoms with Gasteiger partial charge in [-0.25, -0.2) is 4.79 Å². The van der Waals surface area contributed by atoms with Crippen LogP contribution >= 0.6 is 0 Å². The molecular weight excluding hydrogens is 262 g/mol. The van der Waals surface area contributed by atoms with E-state index in [1.165, 1.54) is 0 Å². The highest BCUT2D eigenvalue weighted by atomic mass is 16.7. The second kappa shape index (κ2) is 4.88. The first kappa shape index (κ1) is 13.1. The molecule has 2 bridgehead atoms. The Morgan fingerprint density at radius 1 is 1.30 bits per heavy atom.